The van der Waals surface area contributed by atoms with E-state index >= 15 is 0 Å². The normalized spacial score (nSPS) is 25.0. The fraction of sp³-hybridized carbons (Fsp3) is 0.440. The van der Waals surface area contributed by atoms with Crippen LogP contribution in [0.15, 0.2) is 36.5 Å². The molecule has 1 aliphatic rings. The van der Waals surface area contributed by atoms with E-state index in [0.717, 1.165) is 28.6 Å². The Morgan fingerprint density at radius 3 is 2.34 bits per heavy atom. The number of rotatable bonds is 7. The molecule has 0 amide bonds. The zero-order valence-corrected chi connectivity index (χ0v) is 21.4. The number of nitrogens with zero attached hydrogens (tertiary/aromatic N) is 3. The average Bonchev–Trinajstić information content (AvgIpc) is 3.33. The maximum Gasteiger partial charge on any atom is 0.194 e. The fourth-order valence-electron chi connectivity index (χ4n) is 4.41. The van der Waals surface area contributed by atoms with Crippen LogP contribution in [0.1, 0.15) is 36.3 Å². The number of ether oxygens (including phenoxy) is 1. The first-order valence-corrected chi connectivity index (χ1v) is 12.6. The summed E-state index contributed by atoms with van der Waals surface area (Å²) in [6.07, 6.45) is -2.97. The molecule has 1 saturated heterocycles. The summed E-state index contributed by atoms with van der Waals surface area (Å²) in [5.74, 6) is -4.98. The molecule has 1 aromatic heterocycles. The topological polar surface area (TPSA) is 121 Å². The maximum atomic E-state index is 14.3. The van der Waals surface area contributed by atoms with Crippen molar-refractivity contribution in [1.29, 1.82) is 0 Å². The minimum atomic E-state index is -1.64. The Bertz CT molecular complexity index is 1280. The van der Waals surface area contributed by atoms with E-state index < -0.39 is 70.5 Å². The number of aliphatic hydroxyl groups excluding tert-OH is 3. The van der Waals surface area contributed by atoms with E-state index in [1.54, 1.807) is 13.0 Å². The molecule has 1 aliphatic heterocycles. The lowest BCUT2D eigenvalue weighted by Gasteiger charge is -2.44. The monoisotopic (exact) mass is 557 g/mol. The van der Waals surface area contributed by atoms with Gasteiger partial charge in [-0.15, -0.1) is 16.9 Å². The first kappa shape index (κ1) is 28.5. The largest absolute Gasteiger partial charge is 0.394 e. The molecule has 1 fully saturated rings. The summed E-state index contributed by atoms with van der Waals surface area (Å²) in [4.78, 5) is 0. The van der Waals surface area contributed by atoms with Crippen molar-refractivity contribution in [3.05, 3.63) is 70.9 Å². The third kappa shape index (κ3) is 5.44. The van der Waals surface area contributed by atoms with Crippen molar-refractivity contribution in [3.8, 4) is 11.3 Å². The van der Waals surface area contributed by atoms with E-state index in [0.29, 0.717) is 11.1 Å². The Kier molecular flexibility index (Phi) is 8.17. The third-order valence-corrected chi connectivity index (χ3v) is 8.21. The van der Waals surface area contributed by atoms with Gasteiger partial charge < -0.3 is 25.2 Å². The number of halogens is 4. The van der Waals surface area contributed by atoms with Crippen molar-refractivity contribution < 1.29 is 42.7 Å². The van der Waals surface area contributed by atoms with Crippen LogP contribution < -0.4 is 0 Å². The minimum Gasteiger partial charge on any atom is -0.394 e. The molecular weight excluding hydrogens is 530 g/mol. The van der Waals surface area contributed by atoms with Gasteiger partial charge in [0.25, 0.3) is 0 Å². The molecule has 0 saturated carbocycles. The van der Waals surface area contributed by atoms with E-state index in [1.165, 1.54) is 32.2 Å². The number of hydrogen-bond acceptors (Lipinski definition) is 8. The lowest BCUT2D eigenvalue weighted by atomic mass is 9.94. The molecule has 8 nitrogen and oxygen atoms in total. The van der Waals surface area contributed by atoms with Gasteiger partial charge >= 0.3 is 0 Å². The Morgan fingerprint density at radius 1 is 1.08 bits per heavy atom. The molecule has 0 radical (unpaired) electrons. The highest BCUT2D eigenvalue weighted by Crippen LogP contribution is 2.47. The van der Waals surface area contributed by atoms with Crippen LogP contribution in [0.3, 0.4) is 0 Å². The highest BCUT2D eigenvalue weighted by Gasteiger charge is 2.48. The lowest BCUT2D eigenvalue weighted by molar-refractivity contribution is -0.179. The summed E-state index contributed by atoms with van der Waals surface area (Å²) in [6.45, 7) is 3.96. The van der Waals surface area contributed by atoms with Gasteiger partial charge in [0.2, 0.25) is 0 Å². The molecule has 0 spiro atoms. The molecule has 4 N–H and O–H groups in total. The summed E-state index contributed by atoms with van der Waals surface area (Å²) in [6, 6.07) is 4.64. The van der Waals surface area contributed by atoms with Crippen LogP contribution in [-0.4, -0.2) is 71.4 Å². The van der Waals surface area contributed by atoms with E-state index in [1.807, 2.05) is 0 Å². The zero-order chi connectivity index (χ0) is 27.9. The summed E-state index contributed by atoms with van der Waals surface area (Å²) in [7, 11) is 0. The maximum absolute atomic E-state index is 14.3. The van der Waals surface area contributed by atoms with Gasteiger partial charge in [0.1, 0.15) is 41.3 Å². The second kappa shape index (κ2) is 10.9. The molecule has 2 heterocycles. The SMILES string of the molecule is Cc1c(F)cccc1C(S[C@@H]1O[C@H](CO)[C@H](O)[C@H](n2cc(-c3cc(F)c(F)c(F)c3)nn2)[C@H]1O)C(C)(C)O. The first-order valence-electron chi connectivity index (χ1n) is 11.7. The van der Waals surface area contributed by atoms with E-state index in [-0.39, 0.29) is 11.3 Å². The van der Waals surface area contributed by atoms with Crippen molar-refractivity contribution >= 4 is 11.8 Å². The van der Waals surface area contributed by atoms with Gasteiger partial charge in [-0.1, -0.05) is 17.3 Å². The van der Waals surface area contributed by atoms with Gasteiger partial charge in [0.15, 0.2) is 17.5 Å². The Hall–Kier alpha value is -2.55. The highest BCUT2D eigenvalue weighted by molar-refractivity contribution is 8.00. The molecule has 3 aromatic rings. The molecule has 13 heteroatoms. The first-order chi connectivity index (χ1) is 17.8. The van der Waals surface area contributed by atoms with Crippen molar-refractivity contribution in [2.75, 3.05) is 6.61 Å². The number of thioether (sulfide) groups is 1. The number of hydrogen-bond donors (Lipinski definition) is 4. The van der Waals surface area contributed by atoms with Crippen molar-refractivity contribution in [3.63, 3.8) is 0 Å². The molecule has 0 aliphatic carbocycles. The Morgan fingerprint density at radius 2 is 1.74 bits per heavy atom. The van der Waals surface area contributed by atoms with Gasteiger partial charge in [-0.05, 0) is 50.1 Å². The van der Waals surface area contributed by atoms with Crippen LogP contribution in [0.2, 0.25) is 0 Å². The molecule has 0 bridgehead atoms. The second-order valence-electron chi connectivity index (χ2n) is 9.66. The van der Waals surface area contributed by atoms with Crippen molar-refractivity contribution in [1.82, 2.24) is 15.0 Å². The van der Waals surface area contributed by atoms with Gasteiger partial charge in [-0.3, -0.25) is 0 Å². The van der Waals surface area contributed by atoms with Crippen molar-refractivity contribution in [2.24, 2.45) is 0 Å². The summed E-state index contributed by atoms with van der Waals surface area (Å²) >= 11 is 0.971. The molecular formula is C25H27F4N3O5S. The van der Waals surface area contributed by atoms with Crippen LogP contribution in [0, 0.1) is 30.2 Å². The number of aromatic nitrogens is 3. The average molecular weight is 558 g/mol. The standard InChI is InChI=1S/C25H27F4N3O5S/c1-11-13(5-4-6-14(11)26)23(25(2,3)36)38-24-22(35)20(21(34)18(10-33)37-24)32-9-17(30-31-32)12-7-15(27)19(29)16(28)8-12/h4-9,18,20-24,33-36H,10H2,1-3H3/t18-,20+,21+,22-,23?,24+/m1/s1. The molecule has 6 atom stereocenters. The smallest absolute Gasteiger partial charge is 0.194 e. The fourth-order valence-corrected chi connectivity index (χ4v) is 5.95. The molecule has 206 valence electrons. The predicted octanol–water partition coefficient (Wildman–Crippen LogP) is 3.04. The van der Waals surface area contributed by atoms with Crippen LogP contribution in [0.25, 0.3) is 11.3 Å². The van der Waals surface area contributed by atoms with E-state index in [9.17, 15) is 38.0 Å². The minimum absolute atomic E-state index is 0.0665. The van der Waals surface area contributed by atoms with Gasteiger partial charge in [-0.2, -0.15) is 0 Å². The van der Waals surface area contributed by atoms with E-state index in [2.05, 4.69) is 10.3 Å². The van der Waals surface area contributed by atoms with Crippen molar-refractivity contribution in [2.45, 2.75) is 61.4 Å². The second-order valence-corrected chi connectivity index (χ2v) is 10.9. The van der Waals surface area contributed by atoms with Gasteiger partial charge in [0.05, 0.1) is 23.7 Å². The quantitative estimate of drug-likeness (QED) is 0.259. The summed E-state index contributed by atoms with van der Waals surface area (Å²) < 4.78 is 62.0. The number of aliphatic hydroxyl groups is 4. The molecule has 1 unspecified atom stereocenters. The molecule has 2 aromatic carbocycles. The molecule has 4 rings (SSSR count). The van der Waals surface area contributed by atoms with Crippen LogP contribution in [0.5, 0.6) is 0 Å². The molecule has 38 heavy (non-hydrogen) atoms. The van der Waals surface area contributed by atoms with Gasteiger partial charge in [-0.25, -0.2) is 22.2 Å². The highest BCUT2D eigenvalue weighted by atomic mass is 32.2. The number of benzene rings is 2. The van der Waals surface area contributed by atoms with Crippen LogP contribution in [-0.2, 0) is 4.74 Å². The predicted molar refractivity (Wildman–Crippen MR) is 130 cm³/mol. The third-order valence-electron chi connectivity index (χ3n) is 6.45. The Balaban J connectivity index is 1.68. The van der Waals surface area contributed by atoms with Crippen LogP contribution in [0.4, 0.5) is 17.6 Å². The van der Waals surface area contributed by atoms with E-state index in [4.69, 9.17) is 4.74 Å². The van der Waals surface area contributed by atoms with Gasteiger partial charge in [0, 0.05) is 5.56 Å². The lowest BCUT2D eigenvalue weighted by Crippen LogP contribution is -2.55. The summed E-state index contributed by atoms with van der Waals surface area (Å²) in [5, 5.41) is 49.8. The zero-order valence-electron chi connectivity index (χ0n) is 20.6. The Labute approximate surface area is 219 Å². The summed E-state index contributed by atoms with van der Waals surface area (Å²) in [5.41, 5.74) is -1.99. The van der Waals surface area contributed by atoms with Crippen LogP contribution >= 0.6 is 11.8 Å².